The van der Waals surface area contributed by atoms with E-state index in [9.17, 15) is 13.2 Å². The van der Waals surface area contributed by atoms with Crippen LogP contribution in [0.25, 0.3) is 0 Å². The summed E-state index contributed by atoms with van der Waals surface area (Å²) < 4.78 is 37.8. The highest BCUT2D eigenvalue weighted by atomic mass is 19.4. The van der Waals surface area contributed by atoms with E-state index in [0.717, 1.165) is 37.9 Å². The number of aromatic nitrogens is 2. The minimum atomic E-state index is -4.46. The molecule has 1 aliphatic rings. The lowest BCUT2D eigenvalue weighted by Crippen LogP contribution is -2.38. The molecule has 1 aliphatic carbocycles. The summed E-state index contributed by atoms with van der Waals surface area (Å²) in [6, 6.07) is 0.794. The fraction of sp³-hybridized carbons (Fsp3) is 0.692. The van der Waals surface area contributed by atoms with Crippen molar-refractivity contribution in [2.75, 3.05) is 11.9 Å². The summed E-state index contributed by atoms with van der Waals surface area (Å²) in [4.78, 5) is 7.38. The van der Waals surface area contributed by atoms with E-state index in [1.165, 1.54) is 6.42 Å². The van der Waals surface area contributed by atoms with E-state index in [-0.39, 0.29) is 12.0 Å². The highest BCUT2D eigenvalue weighted by molar-refractivity contribution is 5.28. The SMILES string of the molecule is NCC(Nc1nccc(C(F)(F)F)n1)C1CCCCC1. The fourth-order valence-electron chi connectivity index (χ4n) is 2.66. The maximum atomic E-state index is 12.6. The quantitative estimate of drug-likeness (QED) is 0.894. The van der Waals surface area contributed by atoms with E-state index in [0.29, 0.717) is 12.5 Å². The number of anilines is 1. The molecule has 0 saturated heterocycles. The molecule has 0 radical (unpaired) electrons. The minimum absolute atomic E-state index is 0.000786. The van der Waals surface area contributed by atoms with Crippen LogP contribution in [0.5, 0.6) is 0 Å². The van der Waals surface area contributed by atoms with E-state index in [1.54, 1.807) is 0 Å². The minimum Gasteiger partial charge on any atom is -0.350 e. The van der Waals surface area contributed by atoms with E-state index in [1.807, 2.05) is 0 Å². The topological polar surface area (TPSA) is 63.8 Å². The largest absolute Gasteiger partial charge is 0.433 e. The lowest BCUT2D eigenvalue weighted by Gasteiger charge is -2.30. The van der Waals surface area contributed by atoms with Crippen molar-refractivity contribution in [2.24, 2.45) is 11.7 Å². The van der Waals surface area contributed by atoms with Crippen molar-refractivity contribution in [3.63, 3.8) is 0 Å². The Morgan fingerprint density at radius 3 is 2.60 bits per heavy atom. The highest BCUT2D eigenvalue weighted by Crippen LogP contribution is 2.29. The van der Waals surface area contributed by atoms with E-state index < -0.39 is 11.9 Å². The van der Waals surface area contributed by atoms with Crippen LogP contribution in [0.2, 0.25) is 0 Å². The molecule has 0 aromatic carbocycles. The van der Waals surface area contributed by atoms with Crippen LogP contribution in [0.1, 0.15) is 37.8 Å². The van der Waals surface area contributed by atoms with Crippen LogP contribution in [0.4, 0.5) is 19.1 Å². The lowest BCUT2D eigenvalue weighted by molar-refractivity contribution is -0.141. The van der Waals surface area contributed by atoms with Crippen LogP contribution in [0.15, 0.2) is 12.3 Å². The van der Waals surface area contributed by atoms with Gasteiger partial charge in [0.1, 0.15) is 5.69 Å². The monoisotopic (exact) mass is 288 g/mol. The van der Waals surface area contributed by atoms with Gasteiger partial charge < -0.3 is 11.1 Å². The summed E-state index contributed by atoms with van der Waals surface area (Å²) in [5.74, 6) is 0.382. The second-order valence-electron chi connectivity index (χ2n) is 5.15. The maximum absolute atomic E-state index is 12.6. The molecule has 0 amide bonds. The van der Waals surface area contributed by atoms with E-state index >= 15 is 0 Å². The summed E-state index contributed by atoms with van der Waals surface area (Å²) in [6.07, 6.45) is 2.27. The van der Waals surface area contributed by atoms with Gasteiger partial charge in [-0.05, 0) is 24.8 Å². The Balaban J connectivity index is 2.07. The number of nitrogens with two attached hydrogens (primary N) is 1. The Labute approximate surface area is 116 Å². The first-order valence-corrected chi connectivity index (χ1v) is 6.87. The zero-order valence-electron chi connectivity index (χ0n) is 11.2. The molecule has 1 aromatic rings. The van der Waals surface area contributed by atoms with E-state index in [4.69, 9.17) is 5.73 Å². The molecule has 0 aliphatic heterocycles. The first kappa shape index (κ1) is 15.0. The van der Waals surface area contributed by atoms with Crippen molar-refractivity contribution in [3.8, 4) is 0 Å². The molecule has 1 heterocycles. The van der Waals surface area contributed by atoms with Crippen molar-refractivity contribution >= 4 is 5.95 Å². The molecule has 4 nitrogen and oxygen atoms in total. The third-order valence-corrected chi connectivity index (χ3v) is 3.73. The van der Waals surface area contributed by atoms with Crippen molar-refractivity contribution in [3.05, 3.63) is 18.0 Å². The average molecular weight is 288 g/mol. The zero-order valence-corrected chi connectivity index (χ0v) is 11.2. The predicted octanol–water partition coefficient (Wildman–Crippen LogP) is 2.81. The third-order valence-electron chi connectivity index (χ3n) is 3.73. The molecule has 7 heteroatoms. The van der Waals surface area contributed by atoms with Crippen LogP contribution in [0, 0.1) is 5.92 Å². The molecule has 1 unspecified atom stereocenters. The van der Waals surface area contributed by atoms with E-state index in [2.05, 4.69) is 15.3 Å². The molecule has 0 spiro atoms. The molecule has 0 bridgehead atoms. The predicted molar refractivity (Wildman–Crippen MR) is 70.1 cm³/mol. The zero-order chi connectivity index (χ0) is 14.6. The van der Waals surface area contributed by atoms with Gasteiger partial charge in [0.25, 0.3) is 0 Å². The first-order valence-electron chi connectivity index (χ1n) is 6.87. The Kier molecular flexibility index (Phi) is 4.80. The number of nitrogens with one attached hydrogen (secondary N) is 1. The first-order chi connectivity index (χ1) is 9.50. The number of nitrogens with zero attached hydrogens (tertiary/aromatic N) is 2. The smallest absolute Gasteiger partial charge is 0.350 e. The second-order valence-corrected chi connectivity index (χ2v) is 5.15. The second kappa shape index (κ2) is 6.39. The molecular weight excluding hydrogens is 269 g/mol. The van der Waals surface area contributed by atoms with Crippen molar-refractivity contribution < 1.29 is 13.2 Å². The standard InChI is InChI=1S/C13H19F3N4/c14-13(15,16)11-6-7-18-12(20-11)19-10(8-17)9-4-2-1-3-5-9/h6-7,9-10H,1-5,8,17H2,(H,18,19,20). The number of hydrogen-bond acceptors (Lipinski definition) is 4. The van der Waals surface area contributed by atoms with Crippen LogP contribution in [0.3, 0.4) is 0 Å². The van der Waals surface area contributed by atoms with Crippen molar-refractivity contribution in [1.82, 2.24) is 9.97 Å². The van der Waals surface area contributed by atoms with Gasteiger partial charge in [-0.25, -0.2) is 9.97 Å². The Hall–Kier alpha value is -1.37. The summed E-state index contributed by atoms with van der Waals surface area (Å²) in [5.41, 5.74) is 4.80. The molecule has 1 atom stereocenters. The van der Waals surface area contributed by atoms with Gasteiger partial charge in [0, 0.05) is 18.8 Å². The van der Waals surface area contributed by atoms with Gasteiger partial charge in [-0.2, -0.15) is 13.2 Å². The average Bonchev–Trinajstić information content (AvgIpc) is 2.45. The van der Waals surface area contributed by atoms with Crippen molar-refractivity contribution in [1.29, 1.82) is 0 Å². The number of alkyl halides is 3. The molecule has 20 heavy (non-hydrogen) atoms. The number of hydrogen-bond donors (Lipinski definition) is 2. The Bertz CT molecular complexity index is 430. The van der Waals surface area contributed by atoms with Gasteiger partial charge in [-0.3, -0.25) is 0 Å². The third kappa shape index (κ3) is 3.82. The summed E-state index contributed by atoms with van der Waals surface area (Å²) in [7, 11) is 0. The molecule has 2 rings (SSSR count). The number of rotatable bonds is 4. The number of halogens is 3. The molecule has 1 aromatic heterocycles. The van der Waals surface area contributed by atoms with Gasteiger partial charge >= 0.3 is 6.18 Å². The van der Waals surface area contributed by atoms with Gasteiger partial charge in [-0.15, -0.1) is 0 Å². The van der Waals surface area contributed by atoms with Crippen molar-refractivity contribution in [2.45, 2.75) is 44.3 Å². The fourth-order valence-corrected chi connectivity index (χ4v) is 2.66. The van der Waals surface area contributed by atoms with Gasteiger partial charge in [-0.1, -0.05) is 19.3 Å². The maximum Gasteiger partial charge on any atom is 0.433 e. The summed E-state index contributed by atoms with van der Waals surface area (Å²) in [5, 5.41) is 2.96. The van der Waals surface area contributed by atoms with Crippen LogP contribution < -0.4 is 11.1 Å². The molecule has 1 saturated carbocycles. The van der Waals surface area contributed by atoms with Gasteiger partial charge in [0.15, 0.2) is 0 Å². The van der Waals surface area contributed by atoms with Crippen LogP contribution >= 0.6 is 0 Å². The summed E-state index contributed by atoms with van der Waals surface area (Å²) in [6.45, 7) is 0.365. The highest BCUT2D eigenvalue weighted by Gasteiger charge is 2.33. The molecular formula is C13H19F3N4. The normalized spacial score (nSPS) is 18.8. The molecule has 112 valence electrons. The summed E-state index contributed by atoms with van der Waals surface area (Å²) >= 11 is 0. The van der Waals surface area contributed by atoms with Crippen LogP contribution in [-0.2, 0) is 6.18 Å². The molecule has 1 fully saturated rings. The van der Waals surface area contributed by atoms with Gasteiger partial charge in [0.2, 0.25) is 5.95 Å². The van der Waals surface area contributed by atoms with Gasteiger partial charge in [0.05, 0.1) is 0 Å². The molecule has 3 N–H and O–H groups in total. The van der Waals surface area contributed by atoms with Crippen LogP contribution in [-0.4, -0.2) is 22.6 Å². The lowest BCUT2D eigenvalue weighted by atomic mass is 9.84. The Morgan fingerprint density at radius 2 is 2.00 bits per heavy atom. The Morgan fingerprint density at radius 1 is 1.30 bits per heavy atom.